The third kappa shape index (κ3) is 2.85. The Morgan fingerprint density at radius 3 is 2.00 bits per heavy atom. The molecule has 0 saturated heterocycles. The van der Waals surface area contributed by atoms with Crippen molar-refractivity contribution in [1.82, 2.24) is 0 Å². The van der Waals surface area contributed by atoms with Gasteiger partial charge in [-0.15, -0.1) is 0 Å². The predicted octanol–water partition coefficient (Wildman–Crippen LogP) is 4.67. The van der Waals surface area contributed by atoms with Crippen molar-refractivity contribution in [1.29, 1.82) is 0 Å². The Morgan fingerprint density at radius 1 is 0.950 bits per heavy atom. The normalized spacial score (nSPS) is 14.6. The number of alkyl halides is 3. The Labute approximate surface area is 115 Å². The van der Waals surface area contributed by atoms with Gasteiger partial charge in [-0.1, -0.05) is 35.9 Å². The largest absolute Gasteiger partial charge is 0.484 e. The molecule has 1 atom stereocenters. The highest BCUT2D eigenvalue weighted by Gasteiger charge is 2.44. The molecule has 0 saturated carbocycles. The van der Waals surface area contributed by atoms with Crippen molar-refractivity contribution in [3.8, 4) is 0 Å². The number of hydrogen-bond donors (Lipinski definition) is 0. The van der Waals surface area contributed by atoms with Crippen LogP contribution in [0.25, 0.3) is 0 Å². The van der Waals surface area contributed by atoms with E-state index in [9.17, 15) is 17.4 Å². The van der Waals surface area contributed by atoms with E-state index in [-0.39, 0.29) is 10.6 Å². The molecule has 0 aliphatic rings. The Kier molecular flexibility index (Phi) is 3.85. The summed E-state index contributed by atoms with van der Waals surface area (Å²) in [5.74, 6) is 0. The van der Waals surface area contributed by atoms with E-state index >= 15 is 0 Å². The SMILES string of the molecule is Cc1ccc(N=S(=O)(c2ccccc2)C(F)(F)F)cc1. The van der Waals surface area contributed by atoms with Crippen LogP contribution in [0.4, 0.5) is 18.9 Å². The van der Waals surface area contributed by atoms with E-state index in [1.54, 1.807) is 18.2 Å². The molecule has 2 aromatic carbocycles. The molecule has 6 heteroatoms. The molecule has 0 radical (unpaired) electrons. The van der Waals surface area contributed by atoms with E-state index in [0.717, 1.165) is 5.56 Å². The van der Waals surface area contributed by atoms with Crippen LogP contribution in [0, 0.1) is 6.92 Å². The minimum Gasteiger partial charge on any atom is -0.235 e. The van der Waals surface area contributed by atoms with E-state index in [0.29, 0.717) is 0 Å². The second-order valence-electron chi connectivity index (χ2n) is 4.21. The third-order valence-electron chi connectivity index (χ3n) is 2.64. The van der Waals surface area contributed by atoms with E-state index in [1.165, 1.54) is 36.4 Å². The summed E-state index contributed by atoms with van der Waals surface area (Å²) in [6.45, 7) is 1.81. The van der Waals surface area contributed by atoms with Crippen LogP contribution in [0.3, 0.4) is 0 Å². The summed E-state index contributed by atoms with van der Waals surface area (Å²) in [7, 11) is -4.52. The number of halogens is 3. The first-order valence-electron chi connectivity index (χ1n) is 5.78. The molecule has 1 unspecified atom stereocenters. The lowest BCUT2D eigenvalue weighted by molar-refractivity contribution is -0.0402. The molecule has 0 bridgehead atoms. The molecule has 0 spiro atoms. The van der Waals surface area contributed by atoms with Crippen LogP contribution in [-0.4, -0.2) is 9.72 Å². The van der Waals surface area contributed by atoms with Crippen LogP contribution < -0.4 is 0 Å². The zero-order valence-corrected chi connectivity index (χ0v) is 11.4. The Hall–Kier alpha value is -1.82. The van der Waals surface area contributed by atoms with Crippen LogP contribution in [0.1, 0.15) is 5.56 Å². The van der Waals surface area contributed by atoms with Gasteiger partial charge in [-0.05, 0) is 31.2 Å². The van der Waals surface area contributed by atoms with Gasteiger partial charge in [0.2, 0.25) is 0 Å². The summed E-state index contributed by atoms with van der Waals surface area (Å²) in [5, 5.41) is 0. The maximum atomic E-state index is 13.2. The van der Waals surface area contributed by atoms with Crippen molar-refractivity contribution < 1.29 is 17.4 Å². The topological polar surface area (TPSA) is 29.4 Å². The summed E-state index contributed by atoms with van der Waals surface area (Å²) in [6.07, 6.45) is 0. The Bertz CT molecular complexity index is 699. The Balaban J connectivity index is 2.66. The molecule has 20 heavy (non-hydrogen) atoms. The van der Waals surface area contributed by atoms with E-state index < -0.39 is 15.2 Å². The van der Waals surface area contributed by atoms with Gasteiger partial charge < -0.3 is 0 Å². The van der Waals surface area contributed by atoms with Crippen molar-refractivity contribution >= 4 is 15.4 Å². The fourth-order valence-corrected chi connectivity index (χ4v) is 3.02. The van der Waals surface area contributed by atoms with Gasteiger partial charge in [0.15, 0.2) is 9.73 Å². The number of rotatable bonds is 2. The zero-order chi connectivity index (χ0) is 14.8. The highest BCUT2D eigenvalue weighted by Crippen LogP contribution is 2.35. The highest BCUT2D eigenvalue weighted by molar-refractivity contribution is 7.94. The smallest absolute Gasteiger partial charge is 0.235 e. The minimum atomic E-state index is -4.93. The van der Waals surface area contributed by atoms with Crippen molar-refractivity contribution in [3.05, 3.63) is 60.2 Å². The molecule has 0 fully saturated rings. The molecule has 0 aromatic heterocycles. The molecular formula is C14H12F3NOS. The lowest BCUT2D eigenvalue weighted by Crippen LogP contribution is -2.22. The van der Waals surface area contributed by atoms with Gasteiger partial charge in [0.25, 0.3) is 0 Å². The van der Waals surface area contributed by atoms with Crippen LogP contribution in [0.15, 0.2) is 63.9 Å². The van der Waals surface area contributed by atoms with Gasteiger partial charge in [-0.2, -0.15) is 17.5 Å². The summed E-state index contributed by atoms with van der Waals surface area (Å²) >= 11 is 0. The second-order valence-corrected chi connectivity index (χ2v) is 6.38. The number of benzene rings is 2. The molecule has 2 nitrogen and oxygen atoms in total. The van der Waals surface area contributed by atoms with Crippen LogP contribution >= 0.6 is 0 Å². The van der Waals surface area contributed by atoms with E-state index in [2.05, 4.69) is 4.36 Å². The minimum absolute atomic E-state index is 0.0433. The number of nitrogens with zero attached hydrogens (tertiary/aromatic N) is 1. The van der Waals surface area contributed by atoms with Gasteiger partial charge >= 0.3 is 5.51 Å². The lowest BCUT2D eigenvalue weighted by atomic mass is 10.2. The molecule has 2 rings (SSSR count). The van der Waals surface area contributed by atoms with E-state index in [1.807, 2.05) is 6.92 Å². The van der Waals surface area contributed by atoms with Gasteiger partial charge in [0.05, 0.1) is 10.6 Å². The average molecular weight is 299 g/mol. The van der Waals surface area contributed by atoms with Crippen LogP contribution in [0.2, 0.25) is 0 Å². The maximum absolute atomic E-state index is 13.2. The molecule has 0 aliphatic heterocycles. The van der Waals surface area contributed by atoms with Crippen LogP contribution in [0.5, 0.6) is 0 Å². The van der Waals surface area contributed by atoms with Crippen molar-refractivity contribution in [2.24, 2.45) is 4.36 Å². The predicted molar refractivity (Wildman–Crippen MR) is 72.2 cm³/mol. The molecule has 106 valence electrons. The monoisotopic (exact) mass is 299 g/mol. The molecule has 2 aromatic rings. The van der Waals surface area contributed by atoms with Gasteiger partial charge in [0.1, 0.15) is 0 Å². The summed E-state index contributed by atoms with van der Waals surface area (Å²) in [4.78, 5) is -0.340. The van der Waals surface area contributed by atoms with Crippen molar-refractivity contribution in [2.75, 3.05) is 0 Å². The summed E-state index contributed by atoms with van der Waals surface area (Å²) in [5.41, 5.74) is -4.00. The summed E-state index contributed by atoms with van der Waals surface area (Å²) < 4.78 is 55.4. The van der Waals surface area contributed by atoms with Gasteiger partial charge in [-0.25, -0.2) is 4.21 Å². The zero-order valence-electron chi connectivity index (χ0n) is 10.6. The molecule has 0 heterocycles. The van der Waals surface area contributed by atoms with E-state index in [4.69, 9.17) is 0 Å². The molecule has 0 N–H and O–H groups in total. The lowest BCUT2D eigenvalue weighted by Gasteiger charge is -2.13. The number of aryl methyl sites for hydroxylation is 1. The summed E-state index contributed by atoms with van der Waals surface area (Å²) in [6, 6.07) is 12.8. The van der Waals surface area contributed by atoms with Crippen molar-refractivity contribution in [2.45, 2.75) is 17.3 Å². The maximum Gasteiger partial charge on any atom is 0.484 e. The van der Waals surface area contributed by atoms with Crippen molar-refractivity contribution in [3.63, 3.8) is 0 Å². The fraction of sp³-hybridized carbons (Fsp3) is 0.143. The quantitative estimate of drug-likeness (QED) is 0.792. The van der Waals surface area contributed by atoms with Gasteiger partial charge in [-0.3, -0.25) is 0 Å². The van der Waals surface area contributed by atoms with Gasteiger partial charge in [0, 0.05) is 0 Å². The third-order valence-corrected chi connectivity index (χ3v) is 4.65. The molecule has 0 aliphatic carbocycles. The standard InChI is InChI=1S/C14H12F3NOS/c1-11-7-9-12(10-8-11)18-20(19,14(15,16)17)13-5-3-2-4-6-13/h2-10H,1H3. The number of hydrogen-bond acceptors (Lipinski definition) is 2. The first kappa shape index (κ1) is 14.6. The molecule has 0 amide bonds. The first-order valence-corrected chi connectivity index (χ1v) is 7.30. The molecular weight excluding hydrogens is 287 g/mol. The highest BCUT2D eigenvalue weighted by atomic mass is 32.2. The first-order chi connectivity index (χ1) is 9.33. The average Bonchev–Trinajstić information content (AvgIpc) is 2.41. The fourth-order valence-electron chi connectivity index (χ4n) is 1.60. The Morgan fingerprint density at radius 2 is 1.50 bits per heavy atom. The van der Waals surface area contributed by atoms with Crippen LogP contribution in [-0.2, 0) is 9.73 Å². The second kappa shape index (κ2) is 5.28.